The predicted octanol–water partition coefficient (Wildman–Crippen LogP) is 6.16. The van der Waals surface area contributed by atoms with Gasteiger partial charge in [-0.1, -0.05) is 38.4 Å². The molecule has 0 fully saturated rings. The van der Waals surface area contributed by atoms with E-state index in [-0.39, 0.29) is 17.6 Å². The summed E-state index contributed by atoms with van der Waals surface area (Å²) in [7, 11) is 0. The fraction of sp³-hybridized carbons (Fsp3) is 0.273. The molecule has 9 heteroatoms. The van der Waals surface area contributed by atoms with E-state index in [0.29, 0.717) is 5.02 Å². The van der Waals surface area contributed by atoms with Gasteiger partial charge < -0.3 is 10.6 Å². The molecule has 2 aromatic carbocycles. The quantitative estimate of drug-likeness (QED) is 0.499. The second kappa shape index (κ2) is 8.63. The topological polar surface area (TPSA) is 59.0 Å². The Kier molecular flexibility index (Phi) is 6.31. The van der Waals surface area contributed by atoms with Crippen LogP contribution in [0.1, 0.15) is 37.7 Å². The molecule has 2 N–H and O–H groups in total. The summed E-state index contributed by atoms with van der Waals surface area (Å²) in [5.41, 5.74) is 1.59. The molecule has 5 nitrogen and oxygen atoms in total. The zero-order valence-electron chi connectivity index (χ0n) is 17.2. The number of benzene rings is 2. The smallest absolute Gasteiger partial charge is 0.332 e. The molecular weight excluding hydrogens is 429 g/mol. The van der Waals surface area contributed by atoms with Crippen LogP contribution in [0, 0.1) is 0 Å². The van der Waals surface area contributed by atoms with Crippen LogP contribution in [0.25, 0.3) is 5.69 Å². The highest BCUT2D eigenvalue weighted by Crippen LogP contribution is 2.30. The second-order valence-corrected chi connectivity index (χ2v) is 8.48. The monoisotopic (exact) mass is 450 g/mol. The molecule has 0 saturated heterocycles. The van der Waals surface area contributed by atoms with Crippen LogP contribution in [0.2, 0.25) is 5.02 Å². The van der Waals surface area contributed by atoms with Crippen molar-refractivity contribution in [2.75, 3.05) is 5.32 Å². The molecule has 2 amide bonds. The van der Waals surface area contributed by atoms with Crippen molar-refractivity contribution in [1.29, 1.82) is 0 Å². The van der Waals surface area contributed by atoms with Gasteiger partial charge >= 0.3 is 12.2 Å². The Morgan fingerprint density at radius 1 is 1.06 bits per heavy atom. The van der Waals surface area contributed by atoms with Crippen LogP contribution in [0.4, 0.5) is 23.7 Å². The minimum absolute atomic E-state index is 0.155. The Bertz CT molecular complexity index is 1070. The number of nitrogens with zero attached hydrogens (tertiary/aromatic N) is 2. The molecule has 0 unspecified atom stereocenters. The lowest BCUT2D eigenvalue weighted by atomic mass is 9.92. The highest BCUT2D eigenvalue weighted by molar-refractivity contribution is 6.30. The molecular formula is C22H22ClF3N4O. The van der Waals surface area contributed by atoms with Crippen LogP contribution in [-0.2, 0) is 18.1 Å². The van der Waals surface area contributed by atoms with E-state index in [0.717, 1.165) is 29.2 Å². The van der Waals surface area contributed by atoms with Gasteiger partial charge in [0.1, 0.15) is 0 Å². The molecule has 3 rings (SSSR count). The van der Waals surface area contributed by atoms with E-state index in [4.69, 9.17) is 11.6 Å². The van der Waals surface area contributed by atoms with Crippen molar-refractivity contribution in [3.63, 3.8) is 0 Å². The predicted molar refractivity (Wildman–Crippen MR) is 115 cm³/mol. The Balaban J connectivity index is 1.74. The van der Waals surface area contributed by atoms with Gasteiger partial charge in [-0.2, -0.15) is 18.3 Å². The van der Waals surface area contributed by atoms with Crippen molar-refractivity contribution in [2.24, 2.45) is 0 Å². The number of rotatable bonds is 4. The van der Waals surface area contributed by atoms with Crippen LogP contribution in [0.15, 0.2) is 54.6 Å². The maximum atomic E-state index is 12.7. The van der Waals surface area contributed by atoms with Crippen molar-refractivity contribution in [3.8, 4) is 5.69 Å². The molecule has 0 aliphatic heterocycles. The van der Waals surface area contributed by atoms with Crippen LogP contribution >= 0.6 is 11.6 Å². The largest absolute Gasteiger partial charge is 0.416 e. The first-order valence-corrected chi connectivity index (χ1v) is 9.89. The maximum absolute atomic E-state index is 12.7. The van der Waals surface area contributed by atoms with Crippen molar-refractivity contribution in [1.82, 2.24) is 15.1 Å². The molecule has 31 heavy (non-hydrogen) atoms. The molecule has 164 valence electrons. The number of amides is 2. The zero-order chi connectivity index (χ0) is 22.8. The maximum Gasteiger partial charge on any atom is 0.416 e. The van der Waals surface area contributed by atoms with Crippen LogP contribution < -0.4 is 10.6 Å². The van der Waals surface area contributed by atoms with Gasteiger partial charge in [0, 0.05) is 16.1 Å². The summed E-state index contributed by atoms with van der Waals surface area (Å²) in [5.74, 6) is 0. The van der Waals surface area contributed by atoms with Gasteiger partial charge in [0.15, 0.2) is 0 Å². The fourth-order valence-electron chi connectivity index (χ4n) is 2.83. The summed E-state index contributed by atoms with van der Waals surface area (Å²) in [6, 6.07) is 12.8. The minimum atomic E-state index is -4.43. The van der Waals surface area contributed by atoms with E-state index >= 15 is 0 Å². The van der Waals surface area contributed by atoms with Gasteiger partial charge in [0.05, 0.1) is 29.2 Å². The van der Waals surface area contributed by atoms with Crippen LogP contribution in [-0.4, -0.2) is 15.8 Å². The Labute approximate surface area is 183 Å². The number of hydrogen-bond acceptors (Lipinski definition) is 2. The molecule has 1 heterocycles. The van der Waals surface area contributed by atoms with E-state index < -0.39 is 17.8 Å². The number of urea groups is 1. The lowest BCUT2D eigenvalue weighted by Gasteiger charge is -2.14. The van der Waals surface area contributed by atoms with Gasteiger partial charge in [-0.25, -0.2) is 9.48 Å². The molecule has 3 aromatic rings. The minimum Gasteiger partial charge on any atom is -0.332 e. The normalized spacial score (nSPS) is 12.0. The van der Waals surface area contributed by atoms with Crippen molar-refractivity contribution < 1.29 is 18.0 Å². The molecule has 0 spiro atoms. The number of aromatic nitrogens is 2. The molecule has 1 aromatic heterocycles. The van der Waals surface area contributed by atoms with Crippen molar-refractivity contribution in [3.05, 3.63) is 76.6 Å². The molecule has 0 atom stereocenters. The van der Waals surface area contributed by atoms with Gasteiger partial charge in [-0.05, 0) is 48.5 Å². The number of halogens is 4. The highest BCUT2D eigenvalue weighted by Gasteiger charge is 2.30. The third-order valence-corrected chi connectivity index (χ3v) is 4.74. The summed E-state index contributed by atoms with van der Waals surface area (Å²) in [4.78, 5) is 12.3. The van der Waals surface area contributed by atoms with Crippen molar-refractivity contribution in [2.45, 2.75) is 38.9 Å². The van der Waals surface area contributed by atoms with E-state index in [1.807, 2.05) is 39.0 Å². The summed E-state index contributed by atoms with van der Waals surface area (Å²) in [6.45, 7) is 6.26. The van der Waals surface area contributed by atoms with E-state index in [1.54, 1.807) is 16.8 Å². The van der Waals surface area contributed by atoms with Crippen LogP contribution in [0.3, 0.4) is 0 Å². The van der Waals surface area contributed by atoms with Gasteiger partial charge in [0.25, 0.3) is 0 Å². The van der Waals surface area contributed by atoms with E-state index in [1.165, 1.54) is 12.1 Å². The lowest BCUT2D eigenvalue weighted by molar-refractivity contribution is -0.137. The SMILES string of the molecule is CC(C)(C)c1cc(CNC(=O)Nc2ccc(C(F)(F)F)cc2)n(-c2cccc(Cl)c2)n1. The third kappa shape index (κ3) is 5.79. The number of carbonyl (C=O) groups is 1. The lowest BCUT2D eigenvalue weighted by Crippen LogP contribution is -2.29. The zero-order valence-corrected chi connectivity index (χ0v) is 18.0. The van der Waals surface area contributed by atoms with E-state index in [2.05, 4.69) is 15.7 Å². The van der Waals surface area contributed by atoms with Gasteiger partial charge in [-0.15, -0.1) is 0 Å². The van der Waals surface area contributed by atoms with Gasteiger partial charge in [-0.3, -0.25) is 0 Å². The third-order valence-electron chi connectivity index (χ3n) is 4.50. The second-order valence-electron chi connectivity index (χ2n) is 8.05. The van der Waals surface area contributed by atoms with Crippen LogP contribution in [0.5, 0.6) is 0 Å². The Morgan fingerprint density at radius 3 is 2.32 bits per heavy atom. The Hall–Kier alpha value is -3.00. The van der Waals surface area contributed by atoms with Crippen molar-refractivity contribution >= 4 is 23.3 Å². The summed E-state index contributed by atoms with van der Waals surface area (Å²) < 4.78 is 39.7. The molecule has 0 aliphatic rings. The first kappa shape index (κ1) is 22.7. The molecule has 0 aliphatic carbocycles. The first-order chi connectivity index (χ1) is 14.4. The number of nitrogens with one attached hydrogen (secondary N) is 2. The number of anilines is 1. The average Bonchev–Trinajstić information content (AvgIpc) is 3.11. The molecule has 0 saturated carbocycles. The summed E-state index contributed by atoms with van der Waals surface area (Å²) in [6.07, 6.45) is -4.43. The summed E-state index contributed by atoms with van der Waals surface area (Å²) >= 11 is 6.11. The first-order valence-electron chi connectivity index (χ1n) is 9.51. The fourth-order valence-corrected chi connectivity index (χ4v) is 3.02. The molecule has 0 radical (unpaired) electrons. The van der Waals surface area contributed by atoms with E-state index in [9.17, 15) is 18.0 Å². The molecule has 0 bridgehead atoms. The average molecular weight is 451 g/mol. The number of hydrogen-bond donors (Lipinski definition) is 2. The number of carbonyl (C=O) groups excluding carboxylic acids is 1. The number of alkyl halides is 3. The van der Waals surface area contributed by atoms with Gasteiger partial charge in [0.2, 0.25) is 0 Å². The summed E-state index contributed by atoms with van der Waals surface area (Å²) in [5, 5.41) is 10.5. The highest BCUT2D eigenvalue weighted by atomic mass is 35.5. The Morgan fingerprint density at radius 2 is 1.74 bits per heavy atom. The standard InChI is InChI=1S/C22H22ClF3N4O/c1-21(2,3)19-12-18(30(29-19)17-6-4-5-15(23)11-17)13-27-20(31)28-16-9-7-14(8-10-16)22(24,25)26/h4-12H,13H2,1-3H3,(H2,27,28,31).